The molecule has 0 aliphatic carbocycles. The molecule has 0 radical (unpaired) electrons. The number of furan rings is 2. The first-order valence-corrected chi connectivity index (χ1v) is 15.9. The zero-order chi connectivity index (χ0) is 30.9. The predicted molar refractivity (Wildman–Crippen MR) is 196 cm³/mol. The fourth-order valence-electron chi connectivity index (χ4n) is 7.31. The van der Waals surface area contributed by atoms with Gasteiger partial charge in [0.2, 0.25) is 0 Å². The molecule has 0 N–H and O–H groups in total. The molecule has 0 spiro atoms. The van der Waals surface area contributed by atoms with Gasteiger partial charge in [0.1, 0.15) is 22.3 Å². The van der Waals surface area contributed by atoms with Crippen LogP contribution in [-0.4, -0.2) is 0 Å². The number of hydrogen-bond acceptors (Lipinski definition) is 3. The Kier molecular flexibility index (Phi) is 5.57. The van der Waals surface area contributed by atoms with Crippen molar-refractivity contribution in [1.29, 1.82) is 0 Å². The number of benzene rings is 8. The quantitative estimate of drug-likeness (QED) is 0.188. The van der Waals surface area contributed by atoms with E-state index in [1.165, 1.54) is 32.7 Å². The van der Waals surface area contributed by atoms with Gasteiger partial charge in [0.15, 0.2) is 0 Å². The smallest absolute Gasteiger partial charge is 0.137 e. The van der Waals surface area contributed by atoms with Gasteiger partial charge in [-0.2, -0.15) is 0 Å². The van der Waals surface area contributed by atoms with Crippen LogP contribution in [0.2, 0.25) is 0 Å². The van der Waals surface area contributed by atoms with Crippen molar-refractivity contribution in [3.63, 3.8) is 0 Å². The van der Waals surface area contributed by atoms with Crippen molar-refractivity contribution in [2.24, 2.45) is 0 Å². The number of anilines is 3. The molecule has 0 amide bonds. The molecular formula is C44H27NO2. The van der Waals surface area contributed by atoms with E-state index in [0.29, 0.717) is 0 Å². The molecule has 0 fully saturated rings. The van der Waals surface area contributed by atoms with Crippen molar-refractivity contribution < 1.29 is 8.83 Å². The molecule has 0 saturated carbocycles. The molecule has 2 heterocycles. The fraction of sp³-hybridized carbons (Fsp3) is 0. The second-order valence-electron chi connectivity index (χ2n) is 12.1. The van der Waals surface area contributed by atoms with Gasteiger partial charge < -0.3 is 13.7 Å². The minimum Gasteiger partial charge on any atom is -0.456 e. The van der Waals surface area contributed by atoms with Gasteiger partial charge in [-0.25, -0.2) is 0 Å². The van der Waals surface area contributed by atoms with E-state index >= 15 is 0 Å². The molecule has 10 rings (SSSR count). The van der Waals surface area contributed by atoms with Crippen molar-refractivity contribution in [2.45, 2.75) is 0 Å². The Balaban J connectivity index is 1.23. The van der Waals surface area contributed by atoms with Crippen molar-refractivity contribution >= 4 is 82.5 Å². The lowest BCUT2D eigenvalue weighted by Gasteiger charge is -2.27. The Morgan fingerprint density at radius 3 is 1.47 bits per heavy atom. The minimum absolute atomic E-state index is 0.858. The lowest BCUT2D eigenvalue weighted by molar-refractivity contribution is 0.669. The van der Waals surface area contributed by atoms with Gasteiger partial charge in [-0.15, -0.1) is 0 Å². The summed E-state index contributed by atoms with van der Waals surface area (Å²) in [6.45, 7) is 0. The average Bonchev–Trinajstić information content (AvgIpc) is 3.69. The van der Waals surface area contributed by atoms with Crippen molar-refractivity contribution in [3.05, 3.63) is 164 Å². The molecule has 47 heavy (non-hydrogen) atoms. The largest absolute Gasteiger partial charge is 0.456 e. The van der Waals surface area contributed by atoms with Crippen LogP contribution < -0.4 is 4.90 Å². The van der Waals surface area contributed by atoms with E-state index in [1.807, 2.05) is 24.3 Å². The number of para-hydroxylation sites is 2. The molecule has 2 aromatic heterocycles. The summed E-state index contributed by atoms with van der Waals surface area (Å²) >= 11 is 0. The molecule has 3 nitrogen and oxygen atoms in total. The lowest BCUT2D eigenvalue weighted by atomic mass is 9.94. The molecule has 0 aliphatic rings. The average molecular weight is 602 g/mol. The summed E-state index contributed by atoms with van der Waals surface area (Å²) in [6, 6.07) is 57.9. The first-order chi connectivity index (χ1) is 23.3. The molecule has 10 aromatic rings. The Labute approximate surface area is 270 Å². The van der Waals surface area contributed by atoms with Crippen molar-refractivity contribution in [2.75, 3.05) is 4.90 Å². The van der Waals surface area contributed by atoms with Crippen LogP contribution in [0.4, 0.5) is 17.1 Å². The zero-order valence-electron chi connectivity index (χ0n) is 25.4. The van der Waals surface area contributed by atoms with Crippen LogP contribution in [0.3, 0.4) is 0 Å². The maximum Gasteiger partial charge on any atom is 0.137 e. The third-order valence-electron chi connectivity index (χ3n) is 9.46. The molecule has 0 saturated heterocycles. The van der Waals surface area contributed by atoms with Gasteiger partial charge in [-0.05, 0) is 69.8 Å². The number of nitrogens with zero attached hydrogens (tertiary/aromatic N) is 1. The normalized spacial score (nSPS) is 11.8. The van der Waals surface area contributed by atoms with Crippen LogP contribution in [0, 0.1) is 0 Å². The summed E-state index contributed by atoms with van der Waals surface area (Å²) in [5.74, 6) is 0. The molecule has 0 atom stereocenters. The van der Waals surface area contributed by atoms with Gasteiger partial charge in [-0.3, -0.25) is 0 Å². The Morgan fingerprint density at radius 1 is 0.319 bits per heavy atom. The van der Waals surface area contributed by atoms with E-state index in [2.05, 4.69) is 144 Å². The van der Waals surface area contributed by atoms with E-state index in [0.717, 1.165) is 60.9 Å². The van der Waals surface area contributed by atoms with E-state index in [4.69, 9.17) is 8.83 Å². The second-order valence-corrected chi connectivity index (χ2v) is 12.1. The Morgan fingerprint density at radius 2 is 0.809 bits per heavy atom. The van der Waals surface area contributed by atoms with Crippen LogP contribution >= 0.6 is 0 Å². The first-order valence-electron chi connectivity index (χ1n) is 15.9. The number of fused-ring (bicyclic) bond motifs is 9. The van der Waals surface area contributed by atoms with Gasteiger partial charge in [0.25, 0.3) is 0 Å². The summed E-state index contributed by atoms with van der Waals surface area (Å²) in [5.41, 5.74) is 9.05. The van der Waals surface area contributed by atoms with Crippen LogP contribution in [0.15, 0.2) is 173 Å². The van der Waals surface area contributed by atoms with E-state index < -0.39 is 0 Å². The maximum atomic E-state index is 6.38. The topological polar surface area (TPSA) is 29.5 Å². The van der Waals surface area contributed by atoms with E-state index in [-0.39, 0.29) is 0 Å². The Bertz CT molecular complexity index is 2690. The van der Waals surface area contributed by atoms with E-state index in [1.54, 1.807) is 0 Å². The molecule has 0 aliphatic heterocycles. The Hall–Kier alpha value is -6.32. The molecule has 0 unspecified atom stereocenters. The monoisotopic (exact) mass is 601 g/mol. The molecular weight excluding hydrogens is 574 g/mol. The zero-order valence-corrected chi connectivity index (χ0v) is 25.4. The van der Waals surface area contributed by atoms with Gasteiger partial charge in [0, 0.05) is 50.4 Å². The molecule has 3 heteroatoms. The summed E-state index contributed by atoms with van der Waals surface area (Å²) in [6.07, 6.45) is 0. The number of rotatable bonds is 4. The van der Waals surface area contributed by atoms with Crippen LogP contribution in [-0.2, 0) is 0 Å². The highest BCUT2D eigenvalue weighted by Crippen LogP contribution is 2.44. The molecule has 0 bridgehead atoms. The highest BCUT2D eigenvalue weighted by atomic mass is 16.3. The minimum atomic E-state index is 0.858. The van der Waals surface area contributed by atoms with Gasteiger partial charge >= 0.3 is 0 Å². The van der Waals surface area contributed by atoms with Gasteiger partial charge in [-0.1, -0.05) is 109 Å². The highest BCUT2D eigenvalue weighted by Gasteiger charge is 2.20. The summed E-state index contributed by atoms with van der Waals surface area (Å²) in [4.78, 5) is 2.33. The highest BCUT2D eigenvalue weighted by molar-refractivity contribution is 6.16. The first kappa shape index (κ1) is 26.0. The van der Waals surface area contributed by atoms with Crippen LogP contribution in [0.25, 0.3) is 76.5 Å². The number of hydrogen-bond donors (Lipinski definition) is 0. The van der Waals surface area contributed by atoms with Crippen LogP contribution in [0.5, 0.6) is 0 Å². The van der Waals surface area contributed by atoms with Gasteiger partial charge in [0.05, 0.1) is 5.69 Å². The summed E-state index contributed by atoms with van der Waals surface area (Å²) in [7, 11) is 0. The van der Waals surface area contributed by atoms with Crippen molar-refractivity contribution in [1.82, 2.24) is 0 Å². The third-order valence-corrected chi connectivity index (χ3v) is 9.46. The van der Waals surface area contributed by atoms with Crippen LogP contribution in [0.1, 0.15) is 0 Å². The lowest BCUT2D eigenvalue weighted by Crippen LogP contribution is -2.10. The maximum absolute atomic E-state index is 6.38. The molecule has 220 valence electrons. The predicted octanol–water partition coefficient (Wildman–Crippen LogP) is 12.9. The molecule has 8 aromatic carbocycles. The fourth-order valence-corrected chi connectivity index (χ4v) is 7.31. The van der Waals surface area contributed by atoms with E-state index in [9.17, 15) is 0 Å². The standard InChI is InChI=1S/C44H27NO2/c1-2-10-28(11-3-1)31-14-8-15-32-33-16-9-17-40(35(33)25-24-34(31)32)45(29-20-22-38-36-12-4-6-18-41(36)46-43(38)26-29)30-21-23-39-37-13-5-7-19-42(37)47-44(39)27-30/h1-27H. The SMILES string of the molecule is c1ccc(-c2cccc3c2ccc2c(N(c4ccc5c(c4)oc4ccccc45)c4ccc5c(c4)oc4ccccc45)cccc23)cc1. The van der Waals surface area contributed by atoms with Crippen molar-refractivity contribution in [3.8, 4) is 11.1 Å². The summed E-state index contributed by atoms with van der Waals surface area (Å²) < 4.78 is 12.8. The third kappa shape index (κ3) is 4.00. The summed E-state index contributed by atoms with van der Waals surface area (Å²) in [5, 5.41) is 9.29. The second kappa shape index (κ2) is 10.1.